The molecule has 0 amide bonds. The lowest BCUT2D eigenvalue weighted by Crippen LogP contribution is -2.22. The number of ether oxygens (including phenoxy) is 1. The van der Waals surface area contributed by atoms with Crippen LogP contribution in [0.2, 0.25) is 10.0 Å². The summed E-state index contributed by atoms with van der Waals surface area (Å²) in [5.41, 5.74) is 1.91. The Hall–Kier alpha value is -1.94. The van der Waals surface area contributed by atoms with Gasteiger partial charge in [0, 0.05) is 26.8 Å². The van der Waals surface area contributed by atoms with E-state index in [1.807, 2.05) is 0 Å². The van der Waals surface area contributed by atoms with Crippen LogP contribution in [-0.4, -0.2) is 19.0 Å². The molecule has 2 aromatic carbocycles. The van der Waals surface area contributed by atoms with Crippen LogP contribution in [0.1, 0.15) is 11.1 Å². The third-order valence-corrected chi connectivity index (χ3v) is 4.19. The van der Waals surface area contributed by atoms with Gasteiger partial charge >= 0.3 is 0 Å². The number of benzene rings is 2. The summed E-state index contributed by atoms with van der Waals surface area (Å²) in [4.78, 5) is 12.6. The van der Waals surface area contributed by atoms with Crippen LogP contribution < -0.4 is 0 Å². The first-order chi connectivity index (χ1) is 11.5. The van der Waals surface area contributed by atoms with Crippen molar-refractivity contribution in [3.05, 3.63) is 80.6 Å². The summed E-state index contributed by atoms with van der Waals surface area (Å²) in [5, 5.41) is 0.974. The Morgan fingerprint density at radius 1 is 0.958 bits per heavy atom. The second kappa shape index (κ2) is 7.31. The van der Waals surface area contributed by atoms with Crippen molar-refractivity contribution in [3.8, 4) is 0 Å². The topological polar surface area (TPSA) is 26.3 Å². The van der Waals surface area contributed by atoms with Crippen LogP contribution in [0.3, 0.4) is 0 Å². The van der Waals surface area contributed by atoms with E-state index in [1.54, 1.807) is 42.5 Å². The SMILES string of the molecule is O=C1/C(=C/c2ccccc2F)COC/C1=C\c1ccc(Cl)cc1Cl. The van der Waals surface area contributed by atoms with Crippen LogP contribution in [0, 0.1) is 5.82 Å². The third-order valence-electron chi connectivity index (χ3n) is 3.63. The third kappa shape index (κ3) is 3.75. The Bertz CT molecular complexity index is 856. The van der Waals surface area contributed by atoms with Gasteiger partial charge in [0.15, 0.2) is 5.78 Å². The fourth-order valence-corrected chi connectivity index (χ4v) is 2.87. The second-order valence-electron chi connectivity index (χ2n) is 5.35. The first-order valence-corrected chi connectivity index (χ1v) is 8.03. The molecular weight excluding hydrogens is 350 g/mol. The highest BCUT2D eigenvalue weighted by Crippen LogP contribution is 2.26. The number of carbonyl (C=O) groups is 1. The molecule has 0 atom stereocenters. The first kappa shape index (κ1) is 16.9. The molecular formula is C19H13Cl2FO2. The molecule has 1 heterocycles. The van der Waals surface area contributed by atoms with E-state index in [0.29, 0.717) is 32.3 Å². The molecule has 0 saturated carbocycles. The molecule has 0 radical (unpaired) electrons. The summed E-state index contributed by atoms with van der Waals surface area (Å²) < 4.78 is 19.2. The van der Waals surface area contributed by atoms with E-state index in [-0.39, 0.29) is 24.8 Å². The van der Waals surface area contributed by atoms with E-state index in [9.17, 15) is 9.18 Å². The Kier molecular flexibility index (Phi) is 5.14. The molecule has 0 N–H and O–H groups in total. The summed E-state index contributed by atoms with van der Waals surface area (Å²) in [5.74, 6) is -0.551. The van der Waals surface area contributed by atoms with Gasteiger partial charge in [-0.15, -0.1) is 0 Å². The molecule has 0 aromatic heterocycles. The van der Waals surface area contributed by atoms with E-state index in [1.165, 1.54) is 12.1 Å². The Balaban J connectivity index is 1.93. The molecule has 5 heteroatoms. The monoisotopic (exact) mass is 362 g/mol. The van der Waals surface area contributed by atoms with Crippen LogP contribution in [0.25, 0.3) is 12.2 Å². The van der Waals surface area contributed by atoms with Crippen molar-refractivity contribution in [2.24, 2.45) is 0 Å². The van der Waals surface area contributed by atoms with Crippen molar-refractivity contribution in [1.82, 2.24) is 0 Å². The van der Waals surface area contributed by atoms with Crippen molar-refractivity contribution in [1.29, 1.82) is 0 Å². The predicted molar refractivity (Wildman–Crippen MR) is 94.6 cm³/mol. The Labute approximate surface area is 149 Å². The number of rotatable bonds is 2. The average molecular weight is 363 g/mol. The molecule has 2 aromatic rings. The summed E-state index contributed by atoms with van der Waals surface area (Å²) in [6, 6.07) is 11.3. The molecule has 0 spiro atoms. The van der Waals surface area contributed by atoms with E-state index in [2.05, 4.69) is 0 Å². The van der Waals surface area contributed by atoms with Gasteiger partial charge in [0.25, 0.3) is 0 Å². The van der Waals surface area contributed by atoms with Gasteiger partial charge in [-0.3, -0.25) is 4.79 Å². The zero-order valence-electron chi connectivity index (χ0n) is 12.6. The van der Waals surface area contributed by atoms with Crippen molar-refractivity contribution < 1.29 is 13.9 Å². The summed E-state index contributed by atoms with van der Waals surface area (Å²) in [6.45, 7) is 0.339. The number of halogens is 3. The number of carbonyl (C=O) groups excluding carboxylic acids is 1. The quantitative estimate of drug-likeness (QED) is 0.686. The van der Waals surface area contributed by atoms with Gasteiger partial charge < -0.3 is 4.74 Å². The van der Waals surface area contributed by atoms with Crippen LogP contribution >= 0.6 is 23.2 Å². The standard InChI is InChI=1S/C19H13Cl2FO2/c20-16-6-5-12(17(21)9-16)7-14-10-24-11-15(19(14)23)8-13-3-1-2-4-18(13)22/h1-9H,10-11H2/b14-7+,15-8+. The largest absolute Gasteiger partial charge is 0.372 e. The number of Topliss-reactive ketones (excluding diaryl/α,β-unsaturated/α-hetero) is 1. The van der Waals surface area contributed by atoms with Crippen LogP contribution in [-0.2, 0) is 9.53 Å². The fourth-order valence-electron chi connectivity index (χ4n) is 2.41. The van der Waals surface area contributed by atoms with Crippen LogP contribution in [0.4, 0.5) is 4.39 Å². The van der Waals surface area contributed by atoms with Gasteiger partial charge in [0.2, 0.25) is 0 Å². The smallest absolute Gasteiger partial charge is 0.189 e. The summed E-state index contributed by atoms with van der Waals surface area (Å²) in [6.07, 6.45) is 3.20. The highest BCUT2D eigenvalue weighted by Gasteiger charge is 2.22. The normalized spacial score (nSPS) is 18.4. The lowest BCUT2D eigenvalue weighted by Gasteiger charge is -2.17. The van der Waals surface area contributed by atoms with Gasteiger partial charge in [0.05, 0.1) is 13.2 Å². The maximum absolute atomic E-state index is 13.8. The molecule has 122 valence electrons. The zero-order chi connectivity index (χ0) is 17.1. The van der Waals surface area contributed by atoms with Gasteiger partial charge in [-0.1, -0.05) is 47.5 Å². The first-order valence-electron chi connectivity index (χ1n) is 7.28. The second-order valence-corrected chi connectivity index (χ2v) is 6.19. The zero-order valence-corrected chi connectivity index (χ0v) is 14.1. The van der Waals surface area contributed by atoms with Crippen molar-refractivity contribution >= 4 is 41.1 Å². The van der Waals surface area contributed by atoms with Gasteiger partial charge in [-0.25, -0.2) is 4.39 Å². The molecule has 1 aliphatic rings. The van der Waals surface area contributed by atoms with Gasteiger partial charge in [-0.05, 0) is 35.9 Å². The molecule has 1 saturated heterocycles. The fraction of sp³-hybridized carbons (Fsp3) is 0.105. The van der Waals surface area contributed by atoms with E-state index in [0.717, 1.165) is 0 Å². The van der Waals surface area contributed by atoms with E-state index < -0.39 is 0 Å². The minimum Gasteiger partial charge on any atom is -0.372 e. The van der Waals surface area contributed by atoms with Gasteiger partial charge in [-0.2, -0.15) is 0 Å². The molecule has 0 unspecified atom stereocenters. The highest BCUT2D eigenvalue weighted by atomic mass is 35.5. The average Bonchev–Trinajstić information content (AvgIpc) is 2.55. The molecule has 0 bridgehead atoms. The minimum absolute atomic E-state index is 0.152. The highest BCUT2D eigenvalue weighted by molar-refractivity contribution is 6.35. The Morgan fingerprint density at radius 2 is 1.62 bits per heavy atom. The molecule has 24 heavy (non-hydrogen) atoms. The van der Waals surface area contributed by atoms with Crippen LogP contribution in [0.5, 0.6) is 0 Å². The summed E-state index contributed by atoms with van der Waals surface area (Å²) in [7, 11) is 0. The molecule has 0 aliphatic carbocycles. The van der Waals surface area contributed by atoms with Crippen molar-refractivity contribution in [2.75, 3.05) is 13.2 Å². The predicted octanol–water partition coefficient (Wildman–Crippen LogP) is 5.20. The minimum atomic E-state index is -0.380. The van der Waals surface area contributed by atoms with E-state index >= 15 is 0 Å². The maximum Gasteiger partial charge on any atom is 0.189 e. The number of ketones is 1. The van der Waals surface area contributed by atoms with Crippen LogP contribution in [0.15, 0.2) is 53.6 Å². The molecule has 2 nitrogen and oxygen atoms in total. The Morgan fingerprint density at radius 3 is 2.29 bits per heavy atom. The molecule has 1 fully saturated rings. The number of hydrogen-bond donors (Lipinski definition) is 0. The van der Waals surface area contributed by atoms with Crippen molar-refractivity contribution in [3.63, 3.8) is 0 Å². The lowest BCUT2D eigenvalue weighted by molar-refractivity contribution is -0.114. The molecule has 3 rings (SSSR count). The number of hydrogen-bond acceptors (Lipinski definition) is 2. The van der Waals surface area contributed by atoms with Gasteiger partial charge in [0.1, 0.15) is 5.82 Å². The molecule has 1 aliphatic heterocycles. The summed E-state index contributed by atoms with van der Waals surface area (Å²) >= 11 is 12.0. The van der Waals surface area contributed by atoms with Crippen molar-refractivity contribution in [2.45, 2.75) is 0 Å². The lowest BCUT2D eigenvalue weighted by atomic mass is 9.98. The van der Waals surface area contributed by atoms with E-state index in [4.69, 9.17) is 27.9 Å². The maximum atomic E-state index is 13.8.